The van der Waals surface area contributed by atoms with E-state index in [0.29, 0.717) is 18.5 Å². The van der Waals surface area contributed by atoms with Gasteiger partial charge in [0.15, 0.2) is 0 Å². The first-order valence-electron chi connectivity index (χ1n) is 7.16. The highest BCUT2D eigenvalue weighted by Crippen LogP contribution is 2.60. The van der Waals surface area contributed by atoms with E-state index >= 15 is 0 Å². The van der Waals surface area contributed by atoms with Gasteiger partial charge in [-0.05, 0) is 26.0 Å². The van der Waals surface area contributed by atoms with Crippen molar-refractivity contribution in [1.82, 2.24) is 0 Å². The number of hydrogen-bond acceptors (Lipinski definition) is 5. The summed E-state index contributed by atoms with van der Waals surface area (Å²) in [6, 6.07) is 9.66. The van der Waals surface area contributed by atoms with Crippen LogP contribution in [0.2, 0.25) is 0 Å². The van der Waals surface area contributed by atoms with Crippen molar-refractivity contribution in [3.05, 3.63) is 45.4 Å². The lowest BCUT2D eigenvalue weighted by atomic mass is 10.2. The van der Waals surface area contributed by atoms with E-state index < -0.39 is 7.60 Å². The molecule has 0 spiro atoms. The molecule has 0 saturated carbocycles. The van der Waals surface area contributed by atoms with Crippen LogP contribution in [0, 0.1) is 11.8 Å². The summed E-state index contributed by atoms with van der Waals surface area (Å²) in [4.78, 5) is 0. The fraction of sp³-hybridized carbons (Fsp3) is 0.375. The molecule has 2 rings (SSSR count). The van der Waals surface area contributed by atoms with Crippen molar-refractivity contribution in [2.45, 2.75) is 13.8 Å². The first-order chi connectivity index (χ1) is 10.7. The zero-order valence-electron chi connectivity index (χ0n) is 12.7. The maximum absolute atomic E-state index is 13.1. The monoisotopic (exact) mass is 354 g/mol. The zero-order chi connectivity index (χ0) is 15.8. The number of hydrogen-bond donors (Lipinski definition) is 0. The van der Waals surface area contributed by atoms with Gasteiger partial charge in [0.2, 0.25) is 0 Å². The molecule has 0 N–H and O–H groups in total. The van der Waals surface area contributed by atoms with Crippen LogP contribution >= 0.6 is 31.1 Å². The van der Waals surface area contributed by atoms with Gasteiger partial charge in [-0.3, -0.25) is 4.57 Å². The Kier molecular flexibility index (Phi) is 7.14. The summed E-state index contributed by atoms with van der Waals surface area (Å²) in [5, 5.41) is 0.507. The molecule has 0 atom stereocenters. The molecule has 0 aromatic heterocycles. The first-order valence-corrected chi connectivity index (χ1v) is 10.7. The van der Waals surface area contributed by atoms with Gasteiger partial charge in [-0.25, -0.2) is 0 Å². The quantitative estimate of drug-likeness (QED) is 0.552. The fourth-order valence-corrected chi connectivity index (χ4v) is 6.57. The van der Waals surface area contributed by atoms with Gasteiger partial charge in [-0.15, -0.1) is 23.5 Å². The lowest BCUT2D eigenvalue weighted by Crippen LogP contribution is -1.99. The smallest absolute Gasteiger partial charge is 0.305 e. The highest BCUT2D eigenvalue weighted by molar-refractivity contribution is 8.25. The van der Waals surface area contributed by atoms with Gasteiger partial charge >= 0.3 is 7.60 Å². The number of rotatable bonds is 5. The molecule has 1 fully saturated rings. The summed E-state index contributed by atoms with van der Waals surface area (Å²) in [5.74, 6) is 8.13. The molecule has 1 aromatic rings. The lowest BCUT2D eigenvalue weighted by molar-refractivity contribution is 0.227. The van der Waals surface area contributed by atoms with E-state index in [9.17, 15) is 4.57 Å². The molecule has 0 aliphatic carbocycles. The molecule has 0 amide bonds. The number of thioether (sulfide) groups is 2. The molecule has 1 heterocycles. The summed E-state index contributed by atoms with van der Waals surface area (Å²) >= 11 is 3.34. The van der Waals surface area contributed by atoms with Gasteiger partial charge in [-0.2, -0.15) is 0 Å². The van der Waals surface area contributed by atoms with Crippen molar-refractivity contribution in [3.63, 3.8) is 0 Å². The van der Waals surface area contributed by atoms with Crippen LogP contribution in [0.3, 0.4) is 0 Å². The van der Waals surface area contributed by atoms with Crippen LogP contribution in [0.25, 0.3) is 0 Å². The predicted molar refractivity (Wildman–Crippen MR) is 96.1 cm³/mol. The third kappa shape index (κ3) is 4.68. The van der Waals surface area contributed by atoms with Crippen LogP contribution < -0.4 is 0 Å². The van der Waals surface area contributed by atoms with Gasteiger partial charge in [-0.1, -0.05) is 30.0 Å². The molecule has 0 unspecified atom stereocenters. The van der Waals surface area contributed by atoms with E-state index in [2.05, 4.69) is 11.8 Å². The van der Waals surface area contributed by atoms with Crippen LogP contribution in [-0.2, 0) is 13.6 Å². The van der Waals surface area contributed by atoms with E-state index in [-0.39, 0.29) is 0 Å². The zero-order valence-corrected chi connectivity index (χ0v) is 15.2. The second kappa shape index (κ2) is 8.86. The summed E-state index contributed by atoms with van der Waals surface area (Å²) < 4.78 is 25.0. The van der Waals surface area contributed by atoms with Crippen LogP contribution in [0.5, 0.6) is 0 Å². The first kappa shape index (κ1) is 17.7. The molecular weight excluding hydrogens is 335 g/mol. The average Bonchev–Trinajstić information content (AvgIpc) is 3.03. The Morgan fingerprint density at radius 3 is 2.27 bits per heavy atom. The molecule has 1 aliphatic heterocycles. The summed E-state index contributed by atoms with van der Waals surface area (Å²) in [6.07, 6.45) is 0. The van der Waals surface area contributed by atoms with Crippen LogP contribution in [0.4, 0.5) is 0 Å². The molecule has 0 bridgehead atoms. The topological polar surface area (TPSA) is 35.5 Å². The van der Waals surface area contributed by atoms with Gasteiger partial charge in [0.25, 0.3) is 0 Å². The molecule has 22 heavy (non-hydrogen) atoms. The van der Waals surface area contributed by atoms with Gasteiger partial charge in [0, 0.05) is 17.1 Å². The Bertz CT molecular complexity index is 614. The van der Waals surface area contributed by atoms with Crippen molar-refractivity contribution in [1.29, 1.82) is 0 Å². The lowest BCUT2D eigenvalue weighted by Gasteiger charge is -2.18. The highest BCUT2D eigenvalue weighted by atomic mass is 32.2. The van der Waals surface area contributed by atoms with Crippen molar-refractivity contribution in [2.24, 2.45) is 0 Å². The molecule has 0 radical (unpaired) electrons. The Balaban J connectivity index is 2.42. The largest absolute Gasteiger partial charge is 0.371 e. The molecule has 1 saturated heterocycles. The van der Waals surface area contributed by atoms with Crippen LogP contribution in [-0.4, -0.2) is 24.7 Å². The minimum atomic E-state index is -3.35. The van der Waals surface area contributed by atoms with E-state index in [0.717, 1.165) is 21.3 Å². The van der Waals surface area contributed by atoms with E-state index in [4.69, 9.17) is 9.05 Å². The molecular formula is C16H19O3PS2. The van der Waals surface area contributed by atoms with Crippen molar-refractivity contribution >= 4 is 31.1 Å². The Hall–Kier alpha value is -0.630. The summed E-state index contributed by atoms with van der Waals surface area (Å²) in [6.45, 7) is 4.29. The summed E-state index contributed by atoms with van der Waals surface area (Å²) in [5.41, 5.74) is 0.883. The Morgan fingerprint density at radius 1 is 1.14 bits per heavy atom. The van der Waals surface area contributed by atoms with E-state index in [1.165, 1.54) is 0 Å². The molecule has 3 nitrogen and oxygen atoms in total. The van der Waals surface area contributed by atoms with Gasteiger partial charge in [0.1, 0.15) is 5.31 Å². The third-order valence-electron chi connectivity index (χ3n) is 2.71. The average molecular weight is 354 g/mol. The van der Waals surface area contributed by atoms with E-state index in [1.54, 1.807) is 23.5 Å². The maximum Gasteiger partial charge on any atom is 0.371 e. The van der Waals surface area contributed by atoms with Crippen molar-refractivity contribution < 1.29 is 13.6 Å². The SMILES string of the molecule is CCOP(=O)(OCC)C(C#Cc1ccccc1)=C1SCCS1. The maximum atomic E-state index is 13.1. The van der Waals surface area contributed by atoms with Gasteiger partial charge in [0.05, 0.1) is 17.5 Å². The van der Waals surface area contributed by atoms with Crippen molar-refractivity contribution in [2.75, 3.05) is 24.7 Å². The molecule has 118 valence electrons. The molecule has 6 heteroatoms. The molecule has 1 aromatic carbocycles. The number of benzene rings is 1. The second-order valence-corrected chi connectivity index (χ2v) is 8.71. The van der Waals surface area contributed by atoms with Crippen LogP contribution in [0.15, 0.2) is 39.9 Å². The van der Waals surface area contributed by atoms with E-state index in [1.807, 2.05) is 44.2 Å². The van der Waals surface area contributed by atoms with Crippen molar-refractivity contribution in [3.8, 4) is 11.8 Å². The summed E-state index contributed by atoms with van der Waals surface area (Å²) in [7, 11) is -3.35. The molecule has 1 aliphatic rings. The minimum absolute atomic E-state index is 0.330. The Labute approximate surface area is 140 Å². The normalized spacial score (nSPS) is 14.5. The highest BCUT2D eigenvalue weighted by Gasteiger charge is 2.33. The Morgan fingerprint density at radius 2 is 1.73 bits per heavy atom. The predicted octanol–water partition coefficient (Wildman–Crippen LogP) is 4.95. The van der Waals surface area contributed by atoms with Crippen LogP contribution in [0.1, 0.15) is 19.4 Å². The third-order valence-corrected chi connectivity index (χ3v) is 7.81. The minimum Gasteiger partial charge on any atom is -0.305 e. The number of allylic oxidation sites excluding steroid dienone is 1. The fourth-order valence-electron chi connectivity index (χ4n) is 1.84. The van der Waals surface area contributed by atoms with Gasteiger partial charge < -0.3 is 9.05 Å². The second-order valence-electron chi connectivity index (χ2n) is 4.28. The standard InChI is InChI=1S/C16H19O3PS2/c1-3-18-20(17,19-4-2)15(16-21-12-13-22-16)11-10-14-8-6-5-7-9-14/h5-9H,3-4,12-13H2,1-2H3.